The molecule has 0 saturated heterocycles. The maximum atomic E-state index is 10.2. The predicted molar refractivity (Wildman–Crippen MR) is 73.9 cm³/mol. The Hall–Kier alpha value is -2.64. The molecule has 7 heteroatoms. The molecule has 6 N–H and O–H groups in total. The molecule has 0 aliphatic carbocycles. The minimum absolute atomic E-state index is 0.141. The van der Waals surface area contributed by atoms with Crippen molar-refractivity contribution in [2.45, 2.75) is 18.3 Å². The van der Waals surface area contributed by atoms with Gasteiger partial charge in [-0.05, 0) is 29.8 Å². The topological polar surface area (TPSA) is 131 Å². The molecule has 1 heterocycles. The van der Waals surface area contributed by atoms with Crippen molar-refractivity contribution >= 4 is 0 Å². The zero-order chi connectivity index (χ0) is 16.0. The second-order valence-electron chi connectivity index (χ2n) is 5.07. The van der Waals surface area contributed by atoms with E-state index in [2.05, 4.69) is 0 Å². The van der Waals surface area contributed by atoms with Gasteiger partial charge in [-0.2, -0.15) is 0 Å². The van der Waals surface area contributed by atoms with Gasteiger partial charge < -0.3 is 35.4 Å². The Morgan fingerprint density at radius 2 is 1.50 bits per heavy atom. The summed E-state index contributed by atoms with van der Waals surface area (Å²) in [6, 6.07) is 6.31. The molecule has 116 valence electrons. The van der Waals surface area contributed by atoms with E-state index in [9.17, 15) is 30.6 Å². The summed E-state index contributed by atoms with van der Waals surface area (Å²) in [5.74, 6) is -1.86. The molecule has 3 rings (SSSR count). The Morgan fingerprint density at radius 1 is 0.818 bits per heavy atom. The fraction of sp³-hybridized carbons (Fsp3) is 0.200. The third-order valence-corrected chi connectivity index (χ3v) is 3.67. The van der Waals surface area contributed by atoms with E-state index < -0.39 is 35.6 Å². The number of phenolic OH excluding ortho intramolecular Hbond substituents is 4. The van der Waals surface area contributed by atoms with Gasteiger partial charge in [0.25, 0.3) is 0 Å². The van der Waals surface area contributed by atoms with Crippen molar-refractivity contribution in [3.8, 4) is 28.7 Å². The van der Waals surface area contributed by atoms with Crippen molar-refractivity contribution in [3.63, 3.8) is 0 Å². The second kappa shape index (κ2) is 4.97. The van der Waals surface area contributed by atoms with Crippen molar-refractivity contribution in [1.29, 1.82) is 0 Å². The van der Waals surface area contributed by atoms with E-state index in [0.717, 1.165) is 0 Å². The van der Waals surface area contributed by atoms with Crippen LogP contribution in [0.2, 0.25) is 0 Å². The molecule has 0 saturated carbocycles. The number of hydrogen-bond donors (Lipinski definition) is 6. The highest BCUT2D eigenvalue weighted by atomic mass is 16.5. The van der Waals surface area contributed by atoms with Crippen LogP contribution in [0.1, 0.15) is 23.3 Å². The largest absolute Gasteiger partial charge is 0.504 e. The lowest BCUT2D eigenvalue weighted by Crippen LogP contribution is -2.34. The number of ether oxygens (including phenoxy) is 1. The molecule has 0 fully saturated rings. The van der Waals surface area contributed by atoms with Crippen LogP contribution in [-0.2, 0) is 0 Å². The molecule has 0 aromatic heterocycles. The lowest BCUT2D eigenvalue weighted by atomic mass is 9.91. The van der Waals surface area contributed by atoms with Gasteiger partial charge in [-0.1, -0.05) is 6.07 Å². The monoisotopic (exact) mass is 306 g/mol. The van der Waals surface area contributed by atoms with Crippen molar-refractivity contribution < 1.29 is 35.4 Å². The molecule has 0 spiro atoms. The normalized spacial score (nSPS) is 23.6. The van der Waals surface area contributed by atoms with Crippen LogP contribution in [0.25, 0.3) is 0 Å². The third-order valence-electron chi connectivity index (χ3n) is 3.67. The first-order chi connectivity index (χ1) is 10.4. The summed E-state index contributed by atoms with van der Waals surface area (Å²) in [5, 5.41) is 58.6. The minimum atomic E-state index is -1.36. The van der Waals surface area contributed by atoms with E-state index in [0.29, 0.717) is 0 Å². The smallest absolute Gasteiger partial charge is 0.200 e. The Kier molecular flexibility index (Phi) is 3.23. The number of hydrogen-bond acceptors (Lipinski definition) is 7. The average Bonchev–Trinajstić information content (AvgIpc) is 2.49. The number of rotatable bonds is 1. The molecule has 22 heavy (non-hydrogen) atoms. The van der Waals surface area contributed by atoms with Gasteiger partial charge in [0.15, 0.2) is 29.1 Å². The zero-order valence-electron chi connectivity index (χ0n) is 11.2. The molecule has 3 atom stereocenters. The molecule has 0 unspecified atom stereocenters. The fourth-order valence-electron chi connectivity index (χ4n) is 2.46. The van der Waals surface area contributed by atoms with Gasteiger partial charge in [-0.15, -0.1) is 0 Å². The van der Waals surface area contributed by atoms with Crippen molar-refractivity contribution in [2.24, 2.45) is 0 Å². The van der Waals surface area contributed by atoms with Crippen molar-refractivity contribution in [1.82, 2.24) is 0 Å². The summed E-state index contributed by atoms with van der Waals surface area (Å²) in [7, 11) is 0. The summed E-state index contributed by atoms with van der Waals surface area (Å²) in [5.41, 5.74) is 0.428. The van der Waals surface area contributed by atoms with E-state index in [4.69, 9.17) is 4.74 Å². The first-order valence-corrected chi connectivity index (χ1v) is 6.49. The Labute approximate surface area is 124 Å². The van der Waals surface area contributed by atoms with Gasteiger partial charge in [-0.3, -0.25) is 0 Å². The van der Waals surface area contributed by atoms with Crippen LogP contribution in [0.3, 0.4) is 0 Å². The molecule has 0 bridgehead atoms. The number of aromatic hydroxyl groups is 4. The molecule has 0 radical (unpaired) electrons. The van der Waals surface area contributed by atoms with E-state index in [1.54, 1.807) is 0 Å². The SMILES string of the molecule is Oc1ccc([C@H]2Oc3c(ccc(O)c3O)[C@@H](O)[C@@H]2O)cc1O. The number of aliphatic hydroxyl groups is 2. The predicted octanol–water partition coefficient (Wildman–Crippen LogP) is 1.04. The number of benzene rings is 2. The first kappa shape index (κ1) is 14.3. The van der Waals surface area contributed by atoms with Crippen LogP contribution < -0.4 is 4.74 Å². The quantitative estimate of drug-likeness (QED) is 0.434. The van der Waals surface area contributed by atoms with Crippen LogP contribution in [0.4, 0.5) is 0 Å². The average molecular weight is 306 g/mol. The summed E-state index contributed by atoms with van der Waals surface area (Å²) in [6.45, 7) is 0. The minimum Gasteiger partial charge on any atom is -0.504 e. The molecule has 2 aromatic rings. The number of fused-ring (bicyclic) bond motifs is 1. The Bertz CT molecular complexity index is 728. The highest BCUT2D eigenvalue weighted by molar-refractivity contribution is 5.56. The van der Waals surface area contributed by atoms with Gasteiger partial charge in [0.1, 0.15) is 12.2 Å². The maximum Gasteiger partial charge on any atom is 0.200 e. The molecule has 7 nitrogen and oxygen atoms in total. The van der Waals surface area contributed by atoms with Gasteiger partial charge >= 0.3 is 0 Å². The fourth-order valence-corrected chi connectivity index (χ4v) is 2.46. The highest BCUT2D eigenvalue weighted by Crippen LogP contribution is 2.49. The second-order valence-corrected chi connectivity index (χ2v) is 5.07. The number of phenols is 4. The summed E-state index contributed by atoms with van der Waals surface area (Å²) < 4.78 is 5.49. The third kappa shape index (κ3) is 2.07. The van der Waals surface area contributed by atoms with Gasteiger partial charge in [0, 0.05) is 5.56 Å². The molecular formula is C15H14O7. The summed E-state index contributed by atoms with van der Waals surface area (Å²) in [4.78, 5) is 0. The summed E-state index contributed by atoms with van der Waals surface area (Å²) in [6.07, 6.45) is -3.81. The molecule has 1 aliphatic heterocycles. The van der Waals surface area contributed by atoms with Gasteiger partial charge in [0.2, 0.25) is 5.75 Å². The van der Waals surface area contributed by atoms with E-state index >= 15 is 0 Å². The standard InChI is InChI=1S/C15H14O7/c16-8-3-1-6(5-10(8)18)14-13(21)11(19)7-2-4-9(17)12(20)15(7)22-14/h1-5,11,13-14,16-21H/t11-,13+,14-/m1/s1. The van der Waals surface area contributed by atoms with Crippen LogP contribution in [-0.4, -0.2) is 36.7 Å². The number of aliphatic hydroxyl groups excluding tert-OH is 2. The molecule has 1 aliphatic rings. The van der Waals surface area contributed by atoms with Gasteiger partial charge in [-0.25, -0.2) is 0 Å². The Morgan fingerprint density at radius 3 is 2.18 bits per heavy atom. The van der Waals surface area contributed by atoms with Crippen molar-refractivity contribution in [2.75, 3.05) is 0 Å². The van der Waals surface area contributed by atoms with Gasteiger partial charge in [0.05, 0.1) is 0 Å². The van der Waals surface area contributed by atoms with E-state index in [1.807, 2.05) is 0 Å². The summed E-state index contributed by atoms with van der Waals surface area (Å²) >= 11 is 0. The highest BCUT2D eigenvalue weighted by Gasteiger charge is 2.39. The van der Waals surface area contributed by atoms with Crippen molar-refractivity contribution in [3.05, 3.63) is 41.5 Å². The maximum absolute atomic E-state index is 10.2. The molecule has 2 aromatic carbocycles. The first-order valence-electron chi connectivity index (χ1n) is 6.49. The lowest BCUT2D eigenvalue weighted by Gasteiger charge is -2.34. The zero-order valence-corrected chi connectivity index (χ0v) is 11.2. The lowest BCUT2D eigenvalue weighted by molar-refractivity contribution is -0.0710. The Balaban J connectivity index is 2.07. The van der Waals surface area contributed by atoms with E-state index in [-0.39, 0.29) is 22.6 Å². The molecular weight excluding hydrogens is 292 g/mol. The van der Waals surface area contributed by atoms with Crippen LogP contribution in [0.5, 0.6) is 28.7 Å². The van der Waals surface area contributed by atoms with Crippen LogP contribution in [0, 0.1) is 0 Å². The van der Waals surface area contributed by atoms with Crippen LogP contribution >= 0.6 is 0 Å². The van der Waals surface area contributed by atoms with E-state index in [1.165, 1.54) is 30.3 Å². The van der Waals surface area contributed by atoms with Crippen LogP contribution in [0.15, 0.2) is 30.3 Å². The molecule has 0 amide bonds.